The second-order valence-corrected chi connectivity index (χ2v) is 4.87. The van der Waals surface area contributed by atoms with Gasteiger partial charge in [0.25, 0.3) is 5.91 Å². The lowest BCUT2D eigenvalue weighted by Gasteiger charge is -2.06. The van der Waals surface area contributed by atoms with Gasteiger partial charge in [0.2, 0.25) is 0 Å². The van der Waals surface area contributed by atoms with Crippen molar-refractivity contribution in [2.45, 2.75) is 0 Å². The lowest BCUT2D eigenvalue weighted by atomic mass is 10.1. The van der Waals surface area contributed by atoms with E-state index in [-0.39, 0.29) is 12.5 Å². The number of H-pyrrole nitrogens is 1. The van der Waals surface area contributed by atoms with Crippen LogP contribution in [0.25, 0.3) is 6.08 Å². The summed E-state index contributed by atoms with van der Waals surface area (Å²) in [4.78, 5) is 14.8. The first-order valence-electron chi connectivity index (χ1n) is 6.33. The Hall–Kier alpha value is -2.53. The molecule has 0 atom stereocenters. The summed E-state index contributed by atoms with van der Waals surface area (Å²) in [5.74, 6) is 0.387. The molecule has 3 rings (SSSR count). The maximum atomic E-state index is 11.8. The number of nitrogens with one attached hydrogen (secondary N) is 2. The average Bonchev–Trinajstić information content (AvgIpc) is 3.09. The van der Waals surface area contributed by atoms with Crippen LogP contribution in [0.4, 0.5) is 0 Å². The van der Waals surface area contributed by atoms with E-state index in [1.165, 1.54) is 0 Å². The van der Waals surface area contributed by atoms with Gasteiger partial charge in [-0.1, -0.05) is 17.7 Å². The molecule has 2 heterocycles. The van der Waals surface area contributed by atoms with Crippen LogP contribution in [-0.2, 0) is 4.79 Å². The van der Waals surface area contributed by atoms with Gasteiger partial charge in [0.15, 0.2) is 0 Å². The first-order chi connectivity index (χ1) is 10.2. The van der Waals surface area contributed by atoms with Gasteiger partial charge in [0.1, 0.15) is 18.1 Å². The van der Waals surface area contributed by atoms with Crippen LogP contribution >= 0.6 is 11.6 Å². The van der Waals surface area contributed by atoms with E-state index >= 15 is 0 Å². The van der Waals surface area contributed by atoms with Crippen LogP contribution in [-0.4, -0.2) is 23.2 Å². The molecule has 0 radical (unpaired) electrons. The van der Waals surface area contributed by atoms with Crippen molar-refractivity contribution in [3.63, 3.8) is 0 Å². The van der Waals surface area contributed by atoms with E-state index in [4.69, 9.17) is 16.3 Å². The molecular weight excluding hydrogens is 290 g/mol. The van der Waals surface area contributed by atoms with Crippen molar-refractivity contribution in [2.24, 2.45) is 5.10 Å². The number of hydrazone groups is 1. The van der Waals surface area contributed by atoms with E-state index in [1.807, 2.05) is 12.1 Å². The molecule has 2 aromatic rings. The summed E-state index contributed by atoms with van der Waals surface area (Å²) in [6.45, 7) is 0.186. The van der Waals surface area contributed by atoms with E-state index in [2.05, 4.69) is 15.5 Å². The Kier molecular flexibility index (Phi) is 3.75. The molecule has 0 aliphatic carbocycles. The summed E-state index contributed by atoms with van der Waals surface area (Å²) in [5.41, 5.74) is 4.31. The number of aromatic nitrogens is 1. The number of carbonyl (C=O) groups excluding carboxylic acids is 1. The zero-order valence-corrected chi connectivity index (χ0v) is 11.7. The fourth-order valence-corrected chi connectivity index (χ4v) is 2.11. The zero-order valence-electron chi connectivity index (χ0n) is 11.0. The minimum Gasteiger partial charge on any atom is -0.487 e. The lowest BCUT2D eigenvalue weighted by Crippen LogP contribution is -2.16. The van der Waals surface area contributed by atoms with Gasteiger partial charge in [-0.2, -0.15) is 5.10 Å². The van der Waals surface area contributed by atoms with Crippen LogP contribution in [0.1, 0.15) is 5.69 Å². The normalized spacial score (nSPS) is 16.0. The molecule has 1 aromatic heterocycles. The molecule has 106 valence electrons. The number of rotatable bonds is 4. The number of ether oxygens (including phenoxy) is 1. The molecule has 0 saturated heterocycles. The Morgan fingerprint density at radius 2 is 2.19 bits per heavy atom. The molecule has 21 heavy (non-hydrogen) atoms. The monoisotopic (exact) mass is 301 g/mol. The highest BCUT2D eigenvalue weighted by Crippen LogP contribution is 2.18. The number of amides is 1. The minimum absolute atomic E-state index is 0.186. The first kappa shape index (κ1) is 13.5. The van der Waals surface area contributed by atoms with Crippen LogP contribution in [0.15, 0.2) is 53.3 Å². The third-order valence-corrected chi connectivity index (χ3v) is 3.18. The summed E-state index contributed by atoms with van der Waals surface area (Å²) in [7, 11) is 0. The number of aromatic amines is 1. The molecule has 2 N–H and O–H groups in total. The van der Waals surface area contributed by atoms with E-state index in [1.54, 1.807) is 36.5 Å². The molecule has 5 nitrogen and oxygen atoms in total. The van der Waals surface area contributed by atoms with Crippen LogP contribution < -0.4 is 10.2 Å². The molecule has 0 unspecified atom stereocenters. The fourth-order valence-electron chi connectivity index (χ4n) is 1.93. The number of benzene rings is 1. The predicted molar refractivity (Wildman–Crippen MR) is 81.3 cm³/mol. The molecule has 1 amide bonds. The molecule has 1 aliphatic rings. The van der Waals surface area contributed by atoms with Crippen LogP contribution in [0.3, 0.4) is 0 Å². The Morgan fingerprint density at radius 1 is 1.29 bits per heavy atom. The summed E-state index contributed by atoms with van der Waals surface area (Å²) < 4.78 is 5.61. The molecule has 6 heteroatoms. The Labute approximate surface area is 126 Å². The van der Waals surface area contributed by atoms with Crippen molar-refractivity contribution in [2.75, 3.05) is 6.61 Å². The number of carbonyl (C=O) groups is 1. The van der Waals surface area contributed by atoms with Gasteiger partial charge in [0.05, 0.1) is 5.57 Å². The van der Waals surface area contributed by atoms with E-state index in [0.717, 1.165) is 5.69 Å². The number of halogens is 1. The van der Waals surface area contributed by atoms with Gasteiger partial charge in [-0.05, 0) is 36.4 Å². The predicted octanol–water partition coefficient (Wildman–Crippen LogP) is 2.62. The topological polar surface area (TPSA) is 66.5 Å². The third-order valence-electron chi connectivity index (χ3n) is 2.94. The molecule has 0 fully saturated rings. The van der Waals surface area contributed by atoms with Crippen LogP contribution in [0.2, 0.25) is 5.02 Å². The van der Waals surface area contributed by atoms with Crippen molar-refractivity contribution < 1.29 is 9.53 Å². The number of hydrogen-bond donors (Lipinski definition) is 2. The zero-order chi connectivity index (χ0) is 14.7. The molecule has 0 spiro atoms. The SMILES string of the molecule is O=C1NN=C(COc2cccc(Cl)c2)/C1=C\c1ccc[nH]1. The molecular formula is C15H12ClN3O2. The highest BCUT2D eigenvalue weighted by Gasteiger charge is 2.23. The van der Waals surface area contributed by atoms with Gasteiger partial charge in [0, 0.05) is 16.9 Å². The van der Waals surface area contributed by atoms with Gasteiger partial charge >= 0.3 is 0 Å². The molecule has 1 aliphatic heterocycles. The molecule has 0 bridgehead atoms. The highest BCUT2D eigenvalue weighted by atomic mass is 35.5. The maximum absolute atomic E-state index is 11.8. The molecule has 0 saturated carbocycles. The van der Waals surface area contributed by atoms with Crippen molar-refractivity contribution in [1.82, 2.24) is 10.4 Å². The number of hydrogen-bond acceptors (Lipinski definition) is 3. The Bertz CT molecular complexity index is 720. The maximum Gasteiger partial charge on any atom is 0.273 e. The second kappa shape index (κ2) is 5.85. The van der Waals surface area contributed by atoms with Crippen LogP contribution in [0, 0.1) is 0 Å². The van der Waals surface area contributed by atoms with Crippen molar-refractivity contribution >= 4 is 29.3 Å². The lowest BCUT2D eigenvalue weighted by molar-refractivity contribution is -0.116. The van der Waals surface area contributed by atoms with Crippen LogP contribution in [0.5, 0.6) is 5.75 Å². The second-order valence-electron chi connectivity index (χ2n) is 4.43. The summed E-state index contributed by atoms with van der Waals surface area (Å²) in [6.07, 6.45) is 3.53. The minimum atomic E-state index is -0.241. The van der Waals surface area contributed by atoms with Crippen molar-refractivity contribution in [3.8, 4) is 5.75 Å². The van der Waals surface area contributed by atoms with Gasteiger partial charge < -0.3 is 9.72 Å². The van der Waals surface area contributed by atoms with E-state index < -0.39 is 0 Å². The summed E-state index contributed by atoms with van der Waals surface area (Å²) in [6, 6.07) is 10.8. The smallest absolute Gasteiger partial charge is 0.273 e. The molecule has 1 aromatic carbocycles. The van der Waals surface area contributed by atoms with Gasteiger partial charge in [-0.3, -0.25) is 4.79 Å². The fraction of sp³-hybridized carbons (Fsp3) is 0.0667. The quantitative estimate of drug-likeness (QED) is 0.853. The summed E-state index contributed by atoms with van der Waals surface area (Å²) >= 11 is 5.89. The average molecular weight is 302 g/mol. The largest absolute Gasteiger partial charge is 0.487 e. The van der Waals surface area contributed by atoms with Crippen molar-refractivity contribution in [1.29, 1.82) is 0 Å². The standard InChI is InChI=1S/C15H12ClN3O2/c16-10-3-1-5-12(7-10)21-9-14-13(15(20)19-18-14)8-11-4-2-6-17-11/h1-8,17H,9H2,(H,19,20)/b13-8+. The van der Waals surface area contributed by atoms with Gasteiger partial charge in [-0.15, -0.1) is 0 Å². The van der Waals surface area contributed by atoms with E-state index in [9.17, 15) is 4.79 Å². The van der Waals surface area contributed by atoms with Gasteiger partial charge in [-0.25, -0.2) is 5.43 Å². The number of nitrogens with zero attached hydrogens (tertiary/aromatic N) is 1. The third kappa shape index (κ3) is 3.14. The summed E-state index contributed by atoms with van der Waals surface area (Å²) in [5, 5.41) is 4.59. The highest BCUT2D eigenvalue weighted by molar-refractivity contribution is 6.30. The first-order valence-corrected chi connectivity index (χ1v) is 6.71. The van der Waals surface area contributed by atoms with E-state index in [0.29, 0.717) is 22.1 Å². The Morgan fingerprint density at radius 3 is 2.95 bits per heavy atom. The Balaban J connectivity index is 1.74. The van der Waals surface area contributed by atoms with Crippen molar-refractivity contribution in [3.05, 3.63) is 58.9 Å².